The first-order valence-electron chi connectivity index (χ1n) is 6.58. The second-order valence-electron chi connectivity index (χ2n) is 4.96. The molecule has 92 valence electrons. The number of carbonyl (C=O) groups is 1. The summed E-state index contributed by atoms with van der Waals surface area (Å²) in [5.74, 6) is 0. The van der Waals surface area contributed by atoms with Gasteiger partial charge in [0.25, 0.3) is 0 Å². The zero-order chi connectivity index (χ0) is 11.4. The number of nitrogens with one attached hydrogen (secondary N) is 2. The highest BCUT2D eigenvalue weighted by Crippen LogP contribution is 2.19. The van der Waals surface area contributed by atoms with E-state index in [-0.39, 0.29) is 6.03 Å². The lowest BCUT2D eigenvalue weighted by atomic mass is 10.2. The molecule has 2 fully saturated rings. The van der Waals surface area contributed by atoms with Gasteiger partial charge in [0.2, 0.25) is 0 Å². The molecule has 1 aliphatic carbocycles. The van der Waals surface area contributed by atoms with Crippen molar-refractivity contribution >= 4 is 6.03 Å². The molecule has 2 amide bonds. The maximum Gasteiger partial charge on any atom is 0.317 e. The molecule has 1 atom stereocenters. The van der Waals surface area contributed by atoms with Crippen LogP contribution in [0.25, 0.3) is 0 Å². The lowest BCUT2D eigenvalue weighted by Gasteiger charge is -2.25. The number of urea groups is 1. The van der Waals surface area contributed by atoms with Crippen molar-refractivity contribution in [2.75, 3.05) is 19.6 Å². The zero-order valence-corrected chi connectivity index (χ0v) is 10.2. The van der Waals surface area contributed by atoms with Crippen LogP contribution in [-0.2, 0) is 0 Å². The zero-order valence-electron chi connectivity index (χ0n) is 10.2. The van der Waals surface area contributed by atoms with Gasteiger partial charge in [-0.1, -0.05) is 6.92 Å². The first kappa shape index (κ1) is 11.7. The lowest BCUT2D eigenvalue weighted by Crippen LogP contribution is -2.46. The highest BCUT2D eigenvalue weighted by Gasteiger charge is 2.27. The van der Waals surface area contributed by atoms with Gasteiger partial charge in [-0.3, -0.25) is 0 Å². The Kier molecular flexibility index (Phi) is 4.04. The van der Waals surface area contributed by atoms with Crippen molar-refractivity contribution in [3.05, 3.63) is 0 Å². The molecule has 0 aromatic carbocycles. The topological polar surface area (TPSA) is 44.4 Å². The van der Waals surface area contributed by atoms with E-state index in [9.17, 15) is 4.79 Å². The first-order chi connectivity index (χ1) is 7.79. The van der Waals surface area contributed by atoms with E-state index in [1.807, 2.05) is 4.90 Å². The maximum absolute atomic E-state index is 12.0. The molecule has 2 rings (SSSR count). The Bertz CT molecular complexity index is 234. The van der Waals surface area contributed by atoms with Crippen LogP contribution in [0, 0.1) is 0 Å². The summed E-state index contributed by atoms with van der Waals surface area (Å²) in [7, 11) is 0. The Hall–Kier alpha value is -0.770. The second-order valence-corrected chi connectivity index (χ2v) is 4.96. The summed E-state index contributed by atoms with van der Waals surface area (Å²) in [6.45, 7) is 4.97. The molecular formula is C12H23N3O. The van der Waals surface area contributed by atoms with Gasteiger partial charge in [-0.05, 0) is 38.6 Å². The van der Waals surface area contributed by atoms with Gasteiger partial charge >= 0.3 is 6.03 Å². The van der Waals surface area contributed by atoms with Crippen LogP contribution in [0.4, 0.5) is 4.79 Å². The van der Waals surface area contributed by atoms with Crippen molar-refractivity contribution in [1.29, 1.82) is 0 Å². The molecule has 1 aliphatic heterocycles. The minimum atomic E-state index is 0.137. The number of amides is 2. The van der Waals surface area contributed by atoms with Gasteiger partial charge in [0.15, 0.2) is 0 Å². The Balaban J connectivity index is 1.79. The van der Waals surface area contributed by atoms with E-state index in [1.165, 1.54) is 12.8 Å². The summed E-state index contributed by atoms with van der Waals surface area (Å²) in [6.07, 6.45) is 5.80. The lowest BCUT2D eigenvalue weighted by molar-refractivity contribution is 0.192. The Morgan fingerprint density at radius 1 is 1.44 bits per heavy atom. The summed E-state index contributed by atoms with van der Waals surface area (Å²) in [5, 5.41) is 6.52. The third kappa shape index (κ3) is 3.37. The number of hydrogen-bond acceptors (Lipinski definition) is 2. The van der Waals surface area contributed by atoms with Crippen LogP contribution in [-0.4, -0.2) is 42.6 Å². The molecule has 4 heteroatoms. The van der Waals surface area contributed by atoms with Gasteiger partial charge < -0.3 is 15.5 Å². The maximum atomic E-state index is 12.0. The molecule has 0 aromatic heterocycles. The molecule has 2 aliphatic rings. The summed E-state index contributed by atoms with van der Waals surface area (Å²) >= 11 is 0. The molecule has 2 N–H and O–H groups in total. The predicted octanol–water partition coefficient (Wildman–Crippen LogP) is 1.32. The van der Waals surface area contributed by atoms with E-state index < -0.39 is 0 Å². The fraction of sp³-hybridized carbons (Fsp3) is 0.917. The van der Waals surface area contributed by atoms with E-state index >= 15 is 0 Å². The largest absolute Gasteiger partial charge is 0.335 e. The van der Waals surface area contributed by atoms with E-state index in [0.717, 1.165) is 38.9 Å². The Labute approximate surface area is 97.8 Å². The smallest absolute Gasteiger partial charge is 0.317 e. The van der Waals surface area contributed by atoms with Crippen LogP contribution >= 0.6 is 0 Å². The average molecular weight is 225 g/mol. The van der Waals surface area contributed by atoms with E-state index in [1.54, 1.807) is 0 Å². The van der Waals surface area contributed by atoms with Gasteiger partial charge in [0.1, 0.15) is 0 Å². The number of nitrogens with zero attached hydrogens (tertiary/aromatic N) is 1. The Morgan fingerprint density at radius 3 is 2.81 bits per heavy atom. The van der Waals surface area contributed by atoms with Crippen molar-refractivity contribution < 1.29 is 4.79 Å². The molecule has 1 unspecified atom stereocenters. The minimum absolute atomic E-state index is 0.137. The third-order valence-corrected chi connectivity index (χ3v) is 3.29. The average Bonchev–Trinajstić information content (AvgIpc) is 2.93. The van der Waals surface area contributed by atoms with Gasteiger partial charge in [-0.2, -0.15) is 0 Å². The molecule has 1 heterocycles. The molecule has 4 nitrogen and oxygen atoms in total. The number of rotatable bonds is 5. The van der Waals surface area contributed by atoms with Crippen molar-refractivity contribution in [2.45, 2.75) is 51.1 Å². The van der Waals surface area contributed by atoms with Crippen LogP contribution in [0.3, 0.4) is 0 Å². The molecule has 16 heavy (non-hydrogen) atoms. The van der Waals surface area contributed by atoms with Crippen molar-refractivity contribution in [3.8, 4) is 0 Å². The summed E-state index contributed by atoms with van der Waals surface area (Å²) in [6, 6.07) is 1.11. The van der Waals surface area contributed by atoms with Crippen molar-refractivity contribution in [2.24, 2.45) is 0 Å². The SMILES string of the molecule is CCCN(CC1CCCN1)C(=O)NC1CC1. The number of carbonyl (C=O) groups excluding carboxylic acids is 1. The molecule has 0 spiro atoms. The summed E-state index contributed by atoms with van der Waals surface area (Å²) < 4.78 is 0. The van der Waals surface area contributed by atoms with Gasteiger partial charge in [-0.25, -0.2) is 4.79 Å². The fourth-order valence-corrected chi connectivity index (χ4v) is 2.22. The quantitative estimate of drug-likeness (QED) is 0.741. The van der Waals surface area contributed by atoms with E-state index in [2.05, 4.69) is 17.6 Å². The third-order valence-electron chi connectivity index (χ3n) is 3.29. The minimum Gasteiger partial charge on any atom is -0.335 e. The highest BCUT2D eigenvalue weighted by atomic mass is 16.2. The molecule has 0 bridgehead atoms. The van der Waals surface area contributed by atoms with Crippen LogP contribution in [0.2, 0.25) is 0 Å². The standard InChI is InChI=1S/C12H23N3O/c1-2-8-15(9-11-4-3-7-13-11)12(16)14-10-5-6-10/h10-11,13H,2-9H2,1H3,(H,14,16). The fourth-order valence-electron chi connectivity index (χ4n) is 2.22. The Morgan fingerprint density at radius 2 is 2.25 bits per heavy atom. The van der Waals surface area contributed by atoms with Gasteiger partial charge in [-0.15, -0.1) is 0 Å². The summed E-state index contributed by atoms with van der Waals surface area (Å²) in [5.41, 5.74) is 0. The highest BCUT2D eigenvalue weighted by molar-refractivity contribution is 5.74. The predicted molar refractivity (Wildman–Crippen MR) is 64.4 cm³/mol. The summed E-state index contributed by atoms with van der Waals surface area (Å²) in [4.78, 5) is 13.9. The van der Waals surface area contributed by atoms with Crippen molar-refractivity contribution in [3.63, 3.8) is 0 Å². The first-order valence-corrected chi connectivity index (χ1v) is 6.58. The van der Waals surface area contributed by atoms with E-state index in [0.29, 0.717) is 12.1 Å². The number of hydrogen-bond donors (Lipinski definition) is 2. The van der Waals surface area contributed by atoms with Gasteiger partial charge in [0.05, 0.1) is 0 Å². The molecule has 1 saturated heterocycles. The van der Waals surface area contributed by atoms with E-state index in [4.69, 9.17) is 0 Å². The second kappa shape index (κ2) is 5.53. The van der Waals surface area contributed by atoms with Crippen LogP contribution in [0.5, 0.6) is 0 Å². The van der Waals surface area contributed by atoms with Crippen LogP contribution < -0.4 is 10.6 Å². The molecular weight excluding hydrogens is 202 g/mol. The van der Waals surface area contributed by atoms with Crippen molar-refractivity contribution in [1.82, 2.24) is 15.5 Å². The molecule has 0 aromatic rings. The van der Waals surface area contributed by atoms with Crippen LogP contribution in [0.15, 0.2) is 0 Å². The monoisotopic (exact) mass is 225 g/mol. The molecule has 0 radical (unpaired) electrons. The van der Waals surface area contributed by atoms with Crippen LogP contribution in [0.1, 0.15) is 39.0 Å². The van der Waals surface area contributed by atoms with Gasteiger partial charge in [0, 0.05) is 25.2 Å². The molecule has 1 saturated carbocycles. The normalized spacial score (nSPS) is 24.4.